The molecular weight excluding hydrogens is 436 g/mol. The van der Waals surface area contributed by atoms with Gasteiger partial charge in [-0.3, -0.25) is 14.2 Å². The number of hydrogen-bond acceptors (Lipinski definition) is 4. The highest BCUT2D eigenvalue weighted by molar-refractivity contribution is 5.97. The average molecular weight is 467 g/mol. The first-order valence-corrected chi connectivity index (χ1v) is 12.3. The predicted molar refractivity (Wildman–Crippen MR) is 140 cm³/mol. The first-order chi connectivity index (χ1) is 17.1. The Morgan fingerprint density at radius 1 is 0.971 bits per heavy atom. The zero-order valence-corrected chi connectivity index (χ0v) is 20.0. The number of nitrogens with zero attached hydrogens (tertiary/aromatic N) is 3. The van der Waals surface area contributed by atoms with Crippen LogP contribution >= 0.6 is 0 Å². The number of rotatable bonds is 7. The summed E-state index contributed by atoms with van der Waals surface area (Å²) < 4.78 is 1.77. The third kappa shape index (κ3) is 4.97. The third-order valence-corrected chi connectivity index (χ3v) is 6.71. The van der Waals surface area contributed by atoms with Crippen LogP contribution in [0.15, 0.2) is 83.7 Å². The molecule has 0 saturated carbocycles. The number of carbonyl (C=O) groups is 1. The topological polar surface area (TPSA) is 67.2 Å². The number of carbonyl (C=O) groups excluding carboxylic acids is 1. The molecule has 6 nitrogen and oxygen atoms in total. The van der Waals surface area contributed by atoms with Crippen LogP contribution in [0.3, 0.4) is 0 Å². The van der Waals surface area contributed by atoms with Gasteiger partial charge in [0.2, 0.25) is 5.95 Å². The molecule has 1 aliphatic rings. The van der Waals surface area contributed by atoms with Crippen LogP contribution in [-0.4, -0.2) is 35.1 Å². The fraction of sp³-hybridized carbons (Fsp3) is 0.276. The normalized spacial score (nSPS) is 14.3. The van der Waals surface area contributed by atoms with E-state index in [1.807, 2.05) is 48.5 Å². The van der Waals surface area contributed by atoms with Crippen LogP contribution in [0.2, 0.25) is 0 Å². The van der Waals surface area contributed by atoms with Gasteiger partial charge in [-0.1, -0.05) is 67.6 Å². The van der Waals surface area contributed by atoms with Crippen molar-refractivity contribution in [2.24, 2.45) is 0 Å². The lowest BCUT2D eigenvalue weighted by atomic mass is 10.0. The number of benzene rings is 3. The molecule has 5 rings (SSSR count). The van der Waals surface area contributed by atoms with Crippen LogP contribution < -0.4 is 15.8 Å². The summed E-state index contributed by atoms with van der Waals surface area (Å²) >= 11 is 0. The van der Waals surface area contributed by atoms with Crippen molar-refractivity contribution >= 4 is 22.8 Å². The minimum atomic E-state index is -0.160. The maximum Gasteiger partial charge on any atom is 0.263 e. The molecule has 1 aliphatic heterocycles. The Balaban J connectivity index is 1.44. The lowest BCUT2D eigenvalue weighted by Gasteiger charge is -2.22. The molecular formula is C29H30N4O2. The fourth-order valence-corrected chi connectivity index (χ4v) is 4.66. The van der Waals surface area contributed by atoms with Crippen molar-refractivity contribution in [2.45, 2.75) is 32.2 Å². The fourth-order valence-electron chi connectivity index (χ4n) is 4.66. The van der Waals surface area contributed by atoms with Gasteiger partial charge >= 0.3 is 0 Å². The number of fused-ring (bicyclic) bond motifs is 1. The molecule has 1 N–H and O–H groups in total. The van der Waals surface area contributed by atoms with Crippen LogP contribution in [0.5, 0.6) is 0 Å². The average Bonchev–Trinajstić information content (AvgIpc) is 3.44. The first-order valence-electron chi connectivity index (χ1n) is 12.3. The van der Waals surface area contributed by atoms with Crippen LogP contribution in [0, 0.1) is 0 Å². The molecule has 1 unspecified atom stereocenters. The van der Waals surface area contributed by atoms with E-state index in [1.54, 1.807) is 22.8 Å². The molecule has 0 spiro atoms. The van der Waals surface area contributed by atoms with Crippen molar-refractivity contribution in [2.75, 3.05) is 24.5 Å². The Bertz CT molecular complexity index is 1380. The number of anilines is 1. The number of nitrogens with one attached hydrogen (secondary N) is 1. The number of amides is 1. The second-order valence-electron chi connectivity index (χ2n) is 9.24. The van der Waals surface area contributed by atoms with Crippen molar-refractivity contribution < 1.29 is 4.79 Å². The Kier molecular flexibility index (Phi) is 6.62. The monoisotopic (exact) mass is 466 g/mol. The van der Waals surface area contributed by atoms with Crippen LogP contribution in [-0.2, 0) is 6.54 Å². The highest BCUT2D eigenvalue weighted by Crippen LogP contribution is 2.22. The maximum absolute atomic E-state index is 13.6. The molecule has 6 heteroatoms. The summed E-state index contributed by atoms with van der Waals surface area (Å²) in [6.45, 7) is 4.85. The molecule has 178 valence electrons. The van der Waals surface area contributed by atoms with E-state index in [2.05, 4.69) is 29.3 Å². The molecule has 3 aromatic carbocycles. The van der Waals surface area contributed by atoms with Gasteiger partial charge in [0.25, 0.3) is 11.5 Å². The summed E-state index contributed by atoms with van der Waals surface area (Å²) in [6, 6.07) is 25.3. The minimum Gasteiger partial charge on any atom is -0.351 e. The van der Waals surface area contributed by atoms with E-state index in [-0.39, 0.29) is 17.4 Å². The van der Waals surface area contributed by atoms with Gasteiger partial charge < -0.3 is 10.2 Å². The molecule has 0 aliphatic carbocycles. The minimum absolute atomic E-state index is 0.0783. The maximum atomic E-state index is 13.6. The highest BCUT2D eigenvalue weighted by Gasteiger charge is 2.21. The molecule has 2 heterocycles. The number of aromatic nitrogens is 2. The Hall–Kier alpha value is -3.93. The van der Waals surface area contributed by atoms with Gasteiger partial charge in [0.1, 0.15) is 0 Å². The van der Waals surface area contributed by atoms with Crippen molar-refractivity contribution in [1.29, 1.82) is 0 Å². The third-order valence-electron chi connectivity index (χ3n) is 6.71. The van der Waals surface area contributed by atoms with E-state index in [1.165, 1.54) is 5.56 Å². The second-order valence-corrected chi connectivity index (χ2v) is 9.24. The molecule has 1 saturated heterocycles. The Morgan fingerprint density at radius 2 is 1.66 bits per heavy atom. The lowest BCUT2D eigenvalue weighted by molar-refractivity contribution is 0.0951. The highest BCUT2D eigenvalue weighted by atomic mass is 16.1. The van der Waals surface area contributed by atoms with Gasteiger partial charge in [-0.15, -0.1) is 0 Å². The quantitative estimate of drug-likeness (QED) is 0.433. The molecule has 1 fully saturated rings. The smallest absolute Gasteiger partial charge is 0.263 e. The molecule has 0 bridgehead atoms. The molecule has 35 heavy (non-hydrogen) atoms. The van der Waals surface area contributed by atoms with Crippen LogP contribution in [0.4, 0.5) is 5.95 Å². The molecule has 1 aromatic heterocycles. The van der Waals surface area contributed by atoms with Gasteiger partial charge in [0.05, 0.1) is 17.4 Å². The summed E-state index contributed by atoms with van der Waals surface area (Å²) in [5, 5.41) is 3.56. The van der Waals surface area contributed by atoms with E-state index < -0.39 is 0 Å². The largest absolute Gasteiger partial charge is 0.351 e. The Labute approximate surface area is 205 Å². The molecule has 4 aromatic rings. The zero-order chi connectivity index (χ0) is 24.2. The van der Waals surface area contributed by atoms with E-state index in [4.69, 9.17) is 4.98 Å². The van der Waals surface area contributed by atoms with E-state index in [0.717, 1.165) is 31.5 Å². The second kappa shape index (κ2) is 10.1. The summed E-state index contributed by atoms with van der Waals surface area (Å²) in [6.07, 6.45) is 2.17. The van der Waals surface area contributed by atoms with Crippen molar-refractivity contribution in [1.82, 2.24) is 14.9 Å². The van der Waals surface area contributed by atoms with Gasteiger partial charge in [0.15, 0.2) is 0 Å². The predicted octanol–water partition coefficient (Wildman–Crippen LogP) is 4.58. The summed E-state index contributed by atoms with van der Waals surface area (Å²) in [5.74, 6) is 0.720. The van der Waals surface area contributed by atoms with Crippen molar-refractivity contribution in [3.63, 3.8) is 0 Å². The number of hydrogen-bond donors (Lipinski definition) is 1. The molecule has 1 atom stereocenters. The van der Waals surface area contributed by atoms with Gasteiger partial charge in [0, 0.05) is 25.2 Å². The lowest BCUT2D eigenvalue weighted by Crippen LogP contribution is -2.32. The van der Waals surface area contributed by atoms with Crippen LogP contribution in [0.25, 0.3) is 10.9 Å². The van der Waals surface area contributed by atoms with Gasteiger partial charge in [-0.2, -0.15) is 0 Å². The summed E-state index contributed by atoms with van der Waals surface area (Å²) in [5.41, 5.74) is 3.23. The SMILES string of the molecule is CC(CNC(=O)c1ccc2c(=O)n(Cc3ccccc3)c(N3CCCC3)nc2c1)c1ccccc1. The van der Waals surface area contributed by atoms with E-state index in [0.29, 0.717) is 35.5 Å². The molecule has 0 radical (unpaired) electrons. The molecule has 1 amide bonds. The summed E-state index contributed by atoms with van der Waals surface area (Å²) in [4.78, 5) is 33.6. The first kappa shape index (κ1) is 22.8. The Morgan fingerprint density at radius 3 is 2.37 bits per heavy atom. The van der Waals surface area contributed by atoms with Crippen molar-refractivity contribution in [3.05, 3.63) is 106 Å². The van der Waals surface area contributed by atoms with Crippen molar-refractivity contribution in [3.8, 4) is 0 Å². The summed E-state index contributed by atoms with van der Waals surface area (Å²) in [7, 11) is 0. The van der Waals surface area contributed by atoms with Crippen LogP contribution in [0.1, 0.15) is 47.2 Å². The zero-order valence-electron chi connectivity index (χ0n) is 20.0. The van der Waals surface area contributed by atoms with Gasteiger partial charge in [-0.05, 0) is 48.1 Å². The van der Waals surface area contributed by atoms with E-state index in [9.17, 15) is 9.59 Å². The standard InChI is InChI=1S/C29H30N4O2/c1-21(23-12-6-3-7-13-23)19-30-27(34)24-14-15-25-26(18-24)31-29(32-16-8-9-17-32)33(28(25)35)20-22-10-4-2-5-11-22/h2-7,10-15,18,21H,8-9,16-17,19-20H2,1H3,(H,30,34). The van der Waals surface area contributed by atoms with Gasteiger partial charge in [-0.25, -0.2) is 4.98 Å². The van der Waals surface area contributed by atoms with E-state index >= 15 is 0 Å².